The quantitative estimate of drug-likeness (QED) is 0.915. The molecule has 100 valence electrons. The fourth-order valence-electron chi connectivity index (χ4n) is 2.36. The Bertz CT molecular complexity index is 593. The second kappa shape index (κ2) is 5.41. The molecule has 3 heteroatoms. The van der Waals surface area contributed by atoms with Crippen molar-refractivity contribution < 1.29 is 5.11 Å². The second-order valence-electron chi connectivity index (χ2n) is 4.99. The van der Waals surface area contributed by atoms with E-state index in [0.29, 0.717) is 0 Å². The predicted octanol–water partition coefficient (Wildman–Crippen LogP) is 3.27. The van der Waals surface area contributed by atoms with Gasteiger partial charge in [0.2, 0.25) is 0 Å². The van der Waals surface area contributed by atoms with Gasteiger partial charge in [0.25, 0.3) is 0 Å². The van der Waals surface area contributed by atoms with Crippen LogP contribution in [0, 0.1) is 20.8 Å². The van der Waals surface area contributed by atoms with Crippen molar-refractivity contribution in [3.63, 3.8) is 0 Å². The van der Waals surface area contributed by atoms with Crippen LogP contribution in [0.2, 0.25) is 0 Å². The van der Waals surface area contributed by atoms with Gasteiger partial charge < -0.3 is 10.0 Å². The molecule has 3 nitrogen and oxygen atoms in total. The molecule has 0 atom stereocenters. The van der Waals surface area contributed by atoms with Crippen LogP contribution in [-0.4, -0.2) is 17.1 Å². The van der Waals surface area contributed by atoms with Gasteiger partial charge in [0, 0.05) is 18.9 Å². The summed E-state index contributed by atoms with van der Waals surface area (Å²) >= 11 is 0. The Kier molecular flexibility index (Phi) is 3.86. The highest BCUT2D eigenvalue weighted by Gasteiger charge is 2.11. The van der Waals surface area contributed by atoms with E-state index in [1.807, 2.05) is 20.0 Å². The van der Waals surface area contributed by atoms with Gasteiger partial charge in [0.05, 0.1) is 6.61 Å². The first-order chi connectivity index (χ1) is 9.02. The highest BCUT2D eigenvalue weighted by Crippen LogP contribution is 2.28. The molecule has 19 heavy (non-hydrogen) atoms. The molecular formula is C16H20N2O. The Morgan fingerprint density at radius 1 is 1.11 bits per heavy atom. The third kappa shape index (κ3) is 2.76. The summed E-state index contributed by atoms with van der Waals surface area (Å²) < 4.78 is 0. The summed E-state index contributed by atoms with van der Waals surface area (Å²) in [6, 6.07) is 8.37. The highest BCUT2D eigenvalue weighted by molar-refractivity contribution is 5.65. The average molecular weight is 256 g/mol. The molecule has 1 N–H and O–H groups in total. The van der Waals surface area contributed by atoms with E-state index in [0.717, 1.165) is 22.6 Å². The maximum atomic E-state index is 9.13. The molecule has 0 radical (unpaired) electrons. The maximum absolute atomic E-state index is 9.13. The number of hydrogen-bond donors (Lipinski definition) is 1. The van der Waals surface area contributed by atoms with Crippen molar-refractivity contribution in [1.82, 2.24) is 4.98 Å². The zero-order chi connectivity index (χ0) is 14.0. The van der Waals surface area contributed by atoms with Crippen molar-refractivity contribution in [2.45, 2.75) is 27.4 Å². The molecule has 0 aliphatic heterocycles. The summed E-state index contributed by atoms with van der Waals surface area (Å²) in [5.41, 5.74) is 5.55. The SMILES string of the molecule is Cc1ccc(N(C)c2ncc(CO)cc2C)c(C)c1. The zero-order valence-electron chi connectivity index (χ0n) is 11.9. The van der Waals surface area contributed by atoms with Crippen molar-refractivity contribution in [1.29, 1.82) is 0 Å². The molecule has 2 aromatic rings. The fraction of sp³-hybridized carbons (Fsp3) is 0.312. The van der Waals surface area contributed by atoms with Crippen LogP contribution in [0.15, 0.2) is 30.5 Å². The van der Waals surface area contributed by atoms with E-state index in [1.165, 1.54) is 11.1 Å². The minimum absolute atomic E-state index is 0.0292. The number of aryl methyl sites for hydroxylation is 3. The van der Waals surface area contributed by atoms with E-state index in [4.69, 9.17) is 5.11 Å². The van der Waals surface area contributed by atoms with Crippen molar-refractivity contribution in [3.8, 4) is 0 Å². The van der Waals surface area contributed by atoms with Crippen LogP contribution < -0.4 is 4.90 Å². The summed E-state index contributed by atoms with van der Waals surface area (Å²) in [6.07, 6.45) is 1.72. The van der Waals surface area contributed by atoms with Gasteiger partial charge in [-0.3, -0.25) is 0 Å². The fourth-order valence-corrected chi connectivity index (χ4v) is 2.36. The van der Waals surface area contributed by atoms with Crippen molar-refractivity contribution >= 4 is 11.5 Å². The number of benzene rings is 1. The monoisotopic (exact) mass is 256 g/mol. The van der Waals surface area contributed by atoms with Crippen LogP contribution in [0.3, 0.4) is 0 Å². The van der Waals surface area contributed by atoms with Gasteiger partial charge in [-0.2, -0.15) is 0 Å². The largest absolute Gasteiger partial charge is 0.392 e. The summed E-state index contributed by atoms with van der Waals surface area (Å²) in [5.74, 6) is 0.921. The topological polar surface area (TPSA) is 36.4 Å². The molecule has 0 aliphatic rings. The minimum atomic E-state index is 0.0292. The lowest BCUT2D eigenvalue weighted by Crippen LogP contribution is -2.14. The summed E-state index contributed by atoms with van der Waals surface area (Å²) in [5, 5.41) is 9.13. The van der Waals surface area contributed by atoms with E-state index in [1.54, 1.807) is 6.20 Å². The van der Waals surface area contributed by atoms with E-state index in [-0.39, 0.29) is 6.61 Å². The first-order valence-corrected chi connectivity index (χ1v) is 6.40. The molecule has 0 fully saturated rings. The minimum Gasteiger partial charge on any atom is -0.392 e. The number of pyridine rings is 1. The van der Waals surface area contributed by atoms with Gasteiger partial charge in [-0.1, -0.05) is 17.7 Å². The number of nitrogens with zero attached hydrogens (tertiary/aromatic N) is 2. The molecule has 0 aliphatic carbocycles. The van der Waals surface area contributed by atoms with Crippen molar-refractivity contribution in [3.05, 3.63) is 52.7 Å². The van der Waals surface area contributed by atoms with Gasteiger partial charge in [-0.25, -0.2) is 4.98 Å². The number of hydrogen-bond acceptors (Lipinski definition) is 3. The van der Waals surface area contributed by atoms with E-state index in [9.17, 15) is 0 Å². The summed E-state index contributed by atoms with van der Waals surface area (Å²) in [4.78, 5) is 6.54. The molecule has 0 bridgehead atoms. The first kappa shape index (κ1) is 13.6. The molecule has 0 saturated carbocycles. The molecule has 1 heterocycles. The normalized spacial score (nSPS) is 10.6. The smallest absolute Gasteiger partial charge is 0.135 e. The molecule has 0 unspecified atom stereocenters. The predicted molar refractivity (Wildman–Crippen MR) is 78.9 cm³/mol. The second-order valence-corrected chi connectivity index (χ2v) is 4.99. The average Bonchev–Trinajstić information content (AvgIpc) is 2.37. The number of anilines is 2. The number of aliphatic hydroxyl groups excluding tert-OH is 1. The van der Waals surface area contributed by atoms with Crippen LogP contribution in [0.4, 0.5) is 11.5 Å². The van der Waals surface area contributed by atoms with Gasteiger partial charge in [-0.05, 0) is 49.6 Å². The van der Waals surface area contributed by atoms with E-state index < -0.39 is 0 Å². The molecule has 1 aromatic carbocycles. The van der Waals surface area contributed by atoms with Gasteiger partial charge in [0.1, 0.15) is 5.82 Å². The Hall–Kier alpha value is -1.87. The Morgan fingerprint density at radius 3 is 2.42 bits per heavy atom. The number of aromatic nitrogens is 1. The molecule has 0 amide bonds. The molecular weight excluding hydrogens is 236 g/mol. The lowest BCUT2D eigenvalue weighted by molar-refractivity contribution is 0.281. The Labute approximate surface area is 114 Å². The third-order valence-electron chi connectivity index (χ3n) is 3.32. The molecule has 0 saturated heterocycles. The summed E-state index contributed by atoms with van der Waals surface area (Å²) in [7, 11) is 2.02. The van der Waals surface area contributed by atoms with Crippen molar-refractivity contribution in [2.75, 3.05) is 11.9 Å². The van der Waals surface area contributed by atoms with Gasteiger partial charge in [-0.15, -0.1) is 0 Å². The third-order valence-corrected chi connectivity index (χ3v) is 3.32. The van der Waals surface area contributed by atoms with Crippen LogP contribution in [0.25, 0.3) is 0 Å². The van der Waals surface area contributed by atoms with Crippen molar-refractivity contribution in [2.24, 2.45) is 0 Å². The van der Waals surface area contributed by atoms with E-state index in [2.05, 4.69) is 41.9 Å². The standard InChI is InChI=1S/C16H20N2O/c1-11-5-6-15(12(2)7-11)18(4)16-13(3)8-14(10-19)9-17-16/h5-9,19H,10H2,1-4H3. The maximum Gasteiger partial charge on any atom is 0.135 e. The first-order valence-electron chi connectivity index (χ1n) is 6.40. The molecule has 2 rings (SSSR count). The van der Waals surface area contributed by atoms with Crippen LogP contribution in [0.1, 0.15) is 22.3 Å². The Morgan fingerprint density at radius 2 is 1.84 bits per heavy atom. The molecule has 1 aromatic heterocycles. The van der Waals surface area contributed by atoms with Crippen LogP contribution >= 0.6 is 0 Å². The highest BCUT2D eigenvalue weighted by atomic mass is 16.3. The zero-order valence-corrected chi connectivity index (χ0v) is 11.9. The number of rotatable bonds is 3. The van der Waals surface area contributed by atoms with Crippen LogP contribution in [-0.2, 0) is 6.61 Å². The number of aliphatic hydroxyl groups is 1. The molecule has 0 spiro atoms. The van der Waals surface area contributed by atoms with Crippen LogP contribution in [0.5, 0.6) is 0 Å². The summed E-state index contributed by atoms with van der Waals surface area (Å²) in [6.45, 7) is 6.25. The Balaban J connectivity index is 2.41. The van der Waals surface area contributed by atoms with Gasteiger partial charge in [0.15, 0.2) is 0 Å². The van der Waals surface area contributed by atoms with E-state index >= 15 is 0 Å². The van der Waals surface area contributed by atoms with Gasteiger partial charge >= 0.3 is 0 Å². The lowest BCUT2D eigenvalue weighted by atomic mass is 10.1. The lowest BCUT2D eigenvalue weighted by Gasteiger charge is -2.22.